The average molecular weight is 248 g/mol. The third kappa shape index (κ3) is 2.38. The van der Waals surface area contributed by atoms with E-state index in [1.807, 2.05) is 0 Å². The van der Waals surface area contributed by atoms with E-state index in [1.165, 1.54) is 6.07 Å². The van der Waals surface area contributed by atoms with E-state index < -0.39 is 17.7 Å². The zero-order chi connectivity index (χ0) is 13.3. The van der Waals surface area contributed by atoms with E-state index in [9.17, 15) is 8.78 Å². The Kier molecular flexibility index (Phi) is 3.39. The summed E-state index contributed by atoms with van der Waals surface area (Å²) in [6, 6.07) is 5.17. The molecule has 1 atom stereocenters. The number of benzene rings is 1. The Labute approximate surface area is 104 Å². The highest BCUT2D eigenvalue weighted by atomic mass is 19.1. The fourth-order valence-corrected chi connectivity index (χ4v) is 1.85. The number of hydrogen-bond acceptors (Lipinski definition) is 2. The van der Waals surface area contributed by atoms with E-state index in [4.69, 9.17) is 5.73 Å². The Morgan fingerprint density at radius 3 is 2.50 bits per heavy atom. The molecule has 0 spiro atoms. The Balaban J connectivity index is 2.56. The molecule has 0 fully saturated rings. The molecule has 18 heavy (non-hydrogen) atoms. The first-order valence-corrected chi connectivity index (χ1v) is 5.66. The van der Waals surface area contributed by atoms with Gasteiger partial charge in [0.2, 0.25) is 0 Å². The molecular weight excluding hydrogens is 234 g/mol. The molecule has 0 aliphatic heterocycles. The van der Waals surface area contributed by atoms with Crippen LogP contribution in [0.1, 0.15) is 24.2 Å². The Bertz CT molecular complexity index is 580. The molecule has 1 aromatic heterocycles. The van der Waals surface area contributed by atoms with Crippen LogP contribution in [0.4, 0.5) is 8.78 Å². The van der Waals surface area contributed by atoms with E-state index in [1.54, 1.807) is 32.2 Å². The molecule has 4 heteroatoms. The first kappa shape index (κ1) is 12.6. The standard InChI is InChI=1S/C14H14F2N2/c1-8-5-10(3-4-18-8)12-7-13(15)11(9(2)17)6-14(12)16/h3-7,9H,17H2,1-2H3/t9-/m0/s1. The van der Waals surface area contributed by atoms with Crippen molar-refractivity contribution in [3.8, 4) is 11.1 Å². The summed E-state index contributed by atoms with van der Waals surface area (Å²) in [5.41, 5.74) is 7.35. The topological polar surface area (TPSA) is 38.9 Å². The van der Waals surface area contributed by atoms with Crippen LogP contribution < -0.4 is 5.73 Å². The number of halogens is 2. The molecular formula is C14H14F2N2. The van der Waals surface area contributed by atoms with Crippen LogP contribution in [0, 0.1) is 18.6 Å². The van der Waals surface area contributed by atoms with Crippen LogP contribution in [-0.4, -0.2) is 4.98 Å². The third-order valence-electron chi connectivity index (χ3n) is 2.78. The van der Waals surface area contributed by atoms with Gasteiger partial charge in [-0.05, 0) is 43.7 Å². The minimum atomic E-state index is -0.535. The molecule has 0 aliphatic carbocycles. The van der Waals surface area contributed by atoms with Crippen molar-refractivity contribution in [3.63, 3.8) is 0 Å². The third-order valence-corrected chi connectivity index (χ3v) is 2.78. The van der Waals surface area contributed by atoms with Crippen molar-refractivity contribution in [1.29, 1.82) is 0 Å². The van der Waals surface area contributed by atoms with Gasteiger partial charge in [-0.3, -0.25) is 4.98 Å². The molecule has 1 heterocycles. The van der Waals surface area contributed by atoms with Gasteiger partial charge in [-0.2, -0.15) is 0 Å². The summed E-state index contributed by atoms with van der Waals surface area (Å²) in [5.74, 6) is -0.967. The van der Waals surface area contributed by atoms with Crippen molar-refractivity contribution in [2.45, 2.75) is 19.9 Å². The van der Waals surface area contributed by atoms with Gasteiger partial charge in [-0.25, -0.2) is 8.78 Å². The van der Waals surface area contributed by atoms with Gasteiger partial charge < -0.3 is 5.73 Å². The van der Waals surface area contributed by atoms with Gasteiger partial charge in [0.1, 0.15) is 11.6 Å². The molecule has 94 valence electrons. The van der Waals surface area contributed by atoms with E-state index >= 15 is 0 Å². The fraction of sp³-hybridized carbons (Fsp3) is 0.214. The molecule has 2 rings (SSSR count). The van der Waals surface area contributed by atoms with Crippen LogP contribution in [0.25, 0.3) is 11.1 Å². The number of pyridine rings is 1. The summed E-state index contributed by atoms with van der Waals surface area (Å²) >= 11 is 0. The predicted octanol–water partition coefficient (Wildman–Crippen LogP) is 3.35. The van der Waals surface area contributed by atoms with Crippen LogP contribution in [0.2, 0.25) is 0 Å². The second-order valence-corrected chi connectivity index (χ2v) is 4.33. The van der Waals surface area contributed by atoms with Crippen molar-refractivity contribution in [2.24, 2.45) is 5.73 Å². The smallest absolute Gasteiger partial charge is 0.131 e. The lowest BCUT2D eigenvalue weighted by Gasteiger charge is -2.11. The molecule has 0 saturated carbocycles. The number of nitrogens with zero attached hydrogens (tertiary/aromatic N) is 1. The summed E-state index contributed by atoms with van der Waals surface area (Å²) in [6.45, 7) is 3.42. The fourth-order valence-electron chi connectivity index (χ4n) is 1.85. The van der Waals surface area contributed by atoms with Crippen LogP contribution in [0.15, 0.2) is 30.5 Å². The first-order valence-electron chi connectivity index (χ1n) is 5.66. The van der Waals surface area contributed by atoms with Gasteiger partial charge in [0.25, 0.3) is 0 Å². The van der Waals surface area contributed by atoms with Crippen LogP contribution in [-0.2, 0) is 0 Å². The number of aromatic nitrogens is 1. The van der Waals surface area contributed by atoms with Crippen LogP contribution >= 0.6 is 0 Å². The van der Waals surface area contributed by atoms with Crippen LogP contribution in [0.5, 0.6) is 0 Å². The van der Waals surface area contributed by atoms with Crippen molar-refractivity contribution >= 4 is 0 Å². The highest BCUT2D eigenvalue weighted by molar-refractivity contribution is 5.64. The lowest BCUT2D eigenvalue weighted by Crippen LogP contribution is -2.08. The Hall–Kier alpha value is -1.81. The zero-order valence-electron chi connectivity index (χ0n) is 10.2. The lowest BCUT2D eigenvalue weighted by molar-refractivity contribution is 0.574. The SMILES string of the molecule is Cc1cc(-c2cc(F)c([C@H](C)N)cc2F)ccn1. The first-order chi connectivity index (χ1) is 8.49. The number of hydrogen-bond donors (Lipinski definition) is 1. The summed E-state index contributed by atoms with van der Waals surface area (Å²) in [7, 11) is 0. The van der Waals surface area contributed by atoms with Gasteiger partial charge in [0.05, 0.1) is 0 Å². The van der Waals surface area contributed by atoms with Gasteiger partial charge in [0, 0.05) is 29.1 Å². The summed E-state index contributed by atoms with van der Waals surface area (Å²) in [6.07, 6.45) is 1.57. The molecule has 2 nitrogen and oxygen atoms in total. The van der Waals surface area contributed by atoms with E-state index in [2.05, 4.69) is 4.98 Å². The predicted molar refractivity (Wildman–Crippen MR) is 66.9 cm³/mol. The monoisotopic (exact) mass is 248 g/mol. The van der Waals surface area contributed by atoms with Crippen molar-refractivity contribution in [3.05, 3.63) is 53.4 Å². The Morgan fingerprint density at radius 2 is 1.89 bits per heavy atom. The van der Waals surface area contributed by atoms with Crippen molar-refractivity contribution in [1.82, 2.24) is 4.98 Å². The highest BCUT2D eigenvalue weighted by Gasteiger charge is 2.14. The molecule has 1 aromatic carbocycles. The molecule has 0 saturated heterocycles. The van der Waals surface area contributed by atoms with E-state index in [0.717, 1.165) is 11.8 Å². The van der Waals surface area contributed by atoms with Crippen LogP contribution in [0.3, 0.4) is 0 Å². The average Bonchev–Trinajstić information content (AvgIpc) is 2.31. The molecule has 0 amide bonds. The van der Waals surface area contributed by atoms with Gasteiger partial charge in [-0.1, -0.05) is 0 Å². The van der Waals surface area contributed by atoms with Gasteiger partial charge in [-0.15, -0.1) is 0 Å². The quantitative estimate of drug-likeness (QED) is 0.885. The second-order valence-electron chi connectivity index (χ2n) is 4.33. The summed E-state index contributed by atoms with van der Waals surface area (Å²) in [4.78, 5) is 4.03. The molecule has 2 N–H and O–H groups in total. The molecule has 0 radical (unpaired) electrons. The molecule has 2 aromatic rings. The minimum Gasteiger partial charge on any atom is -0.324 e. The summed E-state index contributed by atoms with van der Waals surface area (Å²) < 4.78 is 27.8. The van der Waals surface area contributed by atoms with E-state index in [-0.39, 0.29) is 11.1 Å². The molecule has 0 unspecified atom stereocenters. The van der Waals surface area contributed by atoms with Gasteiger partial charge in [0.15, 0.2) is 0 Å². The minimum absolute atomic E-state index is 0.182. The molecule has 0 bridgehead atoms. The lowest BCUT2D eigenvalue weighted by atomic mass is 10.0. The highest BCUT2D eigenvalue weighted by Crippen LogP contribution is 2.27. The largest absolute Gasteiger partial charge is 0.324 e. The van der Waals surface area contributed by atoms with Crippen molar-refractivity contribution in [2.75, 3.05) is 0 Å². The number of aryl methyl sites for hydroxylation is 1. The van der Waals surface area contributed by atoms with Gasteiger partial charge >= 0.3 is 0 Å². The second kappa shape index (κ2) is 4.82. The maximum Gasteiger partial charge on any atom is 0.131 e. The Morgan fingerprint density at radius 1 is 1.17 bits per heavy atom. The zero-order valence-corrected chi connectivity index (χ0v) is 10.2. The maximum atomic E-state index is 14.0. The normalized spacial score (nSPS) is 12.5. The number of nitrogens with two attached hydrogens (primary N) is 1. The maximum absolute atomic E-state index is 14.0. The summed E-state index contributed by atoms with van der Waals surface area (Å²) in [5, 5.41) is 0. The molecule has 0 aliphatic rings. The van der Waals surface area contributed by atoms with E-state index in [0.29, 0.717) is 5.56 Å². The van der Waals surface area contributed by atoms with Crippen molar-refractivity contribution < 1.29 is 8.78 Å². The number of rotatable bonds is 2.